The molecule has 1 amide bonds. The number of aryl methyl sites for hydroxylation is 1. The zero-order valence-corrected chi connectivity index (χ0v) is 18.2. The molecule has 0 unspecified atom stereocenters. The van der Waals surface area contributed by atoms with Gasteiger partial charge in [-0.1, -0.05) is 19.4 Å². The average Bonchev–Trinajstić information content (AvgIpc) is 3.27. The van der Waals surface area contributed by atoms with E-state index in [-0.39, 0.29) is 11.8 Å². The van der Waals surface area contributed by atoms with Gasteiger partial charge in [-0.2, -0.15) is 14.6 Å². The Balaban J connectivity index is 1.57. The van der Waals surface area contributed by atoms with E-state index in [1.165, 1.54) is 6.33 Å². The molecule has 4 rings (SSSR count). The number of methoxy groups -OCH3 is 2. The lowest BCUT2D eigenvalue weighted by Crippen LogP contribution is -2.41. The minimum absolute atomic E-state index is 0.0508. The Morgan fingerprint density at radius 3 is 2.74 bits per heavy atom. The van der Waals surface area contributed by atoms with Gasteiger partial charge < -0.3 is 19.7 Å². The highest BCUT2D eigenvalue weighted by Crippen LogP contribution is 2.35. The molecular formula is C22H28N6O3. The number of piperidine rings is 1. The van der Waals surface area contributed by atoms with Crippen molar-refractivity contribution in [3.05, 3.63) is 36.3 Å². The molecule has 1 aliphatic rings. The van der Waals surface area contributed by atoms with Gasteiger partial charge in [-0.25, -0.2) is 4.98 Å². The van der Waals surface area contributed by atoms with E-state index in [4.69, 9.17) is 9.47 Å². The number of hydrogen-bond acceptors (Lipinski definition) is 7. The molecule has 9 nitrogen and oxygen atoms in total. The monoisotopic (exact) mass is 424 g/mol. The van der Waals surface area contributed by atoms with Gasteiger partial charge in [-0.05, 0) is 31.4 Å². The predicted octanol–water partition coefficient (Wildman–Crippen LogP) is 2.95. The number of fused-ring (bicyclic) bond motifs is 1. The van der Waals surface area contributed by atoms with Crippen LogP contribution in [0.15, 0.2) is 30.6 Å². The van der Waals surface area contributed by atoms with Crippen LogP contribution in [0.3, 0.4) is 0 Å². The number of carbonyl (C=O) groups excluding carboxylic acids is 1. The third-order valence-electron chi connectivity index (χ3n) is 5.58. The van der Waals surface area contributed by atoms with Crippen LogP contribution in [-0.2, 0) is 11.2 Å². The number of aromatic nitrogens is 4. The van der Waals surface area contributed by atoms with Gasteiger partial charge in [0, 0.05) is 24.8 Å². The average molecular weight is 425 g/mol. The Morgan fingerprint density at radius 2 is 2.03 bits per heavy atom. The molecule has 3 heterocycles. The zero-order chi connectivity index (χ0) is 21.8. The lowest BCUT2D eigenvalue weighted by molar-refractivity contribution is -0.120. The molecule has 31 heavy (non-hydrogen) atoms. The molecule has 1 aliphatic heterocycles. The van der Waals surface area contributed by atoms with Crippen molar-refractivity contribution < 1.29 is 14.3 Å². The zero-order valence-electron chi connectivity index (χ0n) is 18.2. The topological polar surface area (TPSA) is 93.9 Å². The highest BCUT2D eigenvalue weighted by molar-refractivity contribution is 5.96. The van der Waals surface area contributed by atoms with Crippen LogP contribution in [0.1, 0.15) is 31.9 Å². The maximum atomic E-state index is 13.2. The summed E-state index contributed by atoms with van der Waals surface area (Å²) in [6, 6.07) is 7.50. The molecule has 9 heteroatoms. The van der Waals surface area contributed by atoms with Crippen molar-refractivity contribution in [2.45, 2.75) is 32.6 Å². The van der Waals surface area contributed by atoms with Crippen molar-refractivity contribution in [3.8, 4) is 11.5 Å². The van der Waals surface area contributed by atoms with Crippen LogP contribution in [0.4, 0.5) is 11.5 Å². The minimum Gasteiger partial charge on any atom is -0.494 e. The van der Waals surface area contributed by atoms with Crippen molar-refractivity contribution in [2.75, 3.05) is 37.5 Å². The first-order valence-corrected chi connectivity index (χ1v) is 10.6. The number of hydrogen-bond donors (Lipinski definition) is 1. The number of ether oxygens (including phenoxy) is 2. The molecule has 1 saturated heterocycles. The molecule has 0 radical (unpaired) electrons. The second kappa shape index (κ2) is 9.20. The fourth-order valence-electron chi connectivity index (χ4n) is 4.05. The smallest absolute Gasteiger partial charge is 0.254 e. The first-order chi connectivity index (χ1) is 15.1. The maximum Gasteiger partial charge on any atom is 0.254 e. The van der Waals surface area contributed by atoms with Crippen molar-refractivity contribution >= 4 is 23.2 Å². The standard InChI is InChI=1S/C22H28N6O3/c1-4-7-16-12-19(28-22(25-16)23-14-24-28)27-11-6-8-15(13-27)21(29)26-20-17(30-2)9-5-10-18(20)31-3/h5,9-10,12,14-15H,4,6-8,11,13H2,1-3H3,(H,26,29)/t15-/m0/s1. The number of nitrogens with one attached hydrogen (secondary N) is 1. The van der Waals surface area contributed by atoms with Gasteiger partial charge >= 0.3 is 0 Å². The summed E-state index contributed by atoms with van der Waals surface area (Å²) in [5.74, 6) is 2.44. The molecule has 164 valence electrons. The van der Waals surface area contributed by atoms with Gasteiger partial charge in [0.2, 0.25) is 5.91 Å². The van der Waals surface area contributed by atoms with Gasteiger partial charge in [0.1, 0.15) is 29.3 Å². The summed E-state index contributed by atoms with van der Waals surface area (Å²) in [5.41, 5.74) is 1.55. The predicted molar refractivity (Wildman–Crippen MR) is 118 cm³/mol. The number of nitrogens with zero attached hydrogens (tertiary/aromatic N) is 5. The van der Waals surface area contributed by atoms with E-state index >= 15 is 0 Å². The molecular weight excluding hydrogens is 396 g/mol. The lowest BCUT2D eigenvalue weighted by atomic mass is 9.97. The van der Waals surface area contributed by atoms with Gasteiger partial charge in [0.25, 0.3) is 5.78 Å². The SMILES string of the molecule is CCCc1cc(N2CCC[C@H](C(=O)Nc3c(OC)cccc3OC)C2)n2ncnc2n1. The van der Waals surface area contributed by atoms with E-state index in [0.717, 1.165) is 43.7 Å². The number of anilines is 2. The molecule has 1 aromatic carbocycles. The number of amides is 1. The molecule has 0 aliphatic carbocycles. The van der Waals surface area contributed by atoms with Crippen LogP contribution >= 0.6 is 0 Å². The van der Waals surface area contributed by atoms with Crippen molar-refractivity contribution in [1.29, 1.82) is 0 Å². The Bertz CT molecular complexity index is 1040. The summed E-state index contributed by atoms with van der Waals surface area (Å²) in [6.07, 6.45) is 5.11. The highest BCUT2D eigenvalue weighted by atomic mass is 16.5. The molecule has 0 bridgehead atoms. The largest absolute Gasteiger partial charge is 0.494 e. The van der Waals surface area contributed by atoms with E-state index in [1.807, 2.05) is 6.07 Å². The van der Waals surface area contributed by atoms with Crippen molar-refractivity contribution in [2.24, 2.45) is 5.92 Å². The van der Waals surface area contributed by atoms with Gasteiger partial charge in [0.15, 0.2) is 0 Å². The Kier molecular flexibility index (Phi) is 6.20. The summed E-state index contributed by atoms with van der Waals surface area (Å²) in [5, 5.41) is 7.37. The normalized spacial score (nSPS) is 16.4. The van der Waals surface area contributed by atoms with Crippen LogP contribution < -0.4 is 19.7 Å². The third kappa shape index (κ3) is 4.26. The van der Waals surface area contributed by atoms with E-state index in [9.17, 15) is 4.79 Å². The number of rotatable bonds is 7. The maximum absolute atomic E-state index is 13.2. The van der Waals surface area contributed by atoms with E-state index in [0.29, 0.717) is 29.5 Å². The highest BCUT2D eigenvalue weighted by Gasteiger charge is 2.29. The van der Waals surface area contributed by atoms with Crippen LogP contribution in [0.2, 0.25) is 0 Å². The van der Waals surface area contributed by atoms with Crippen LogP contribution in [0.5, 0.6) is 11.5 Å². The van der Waals surface area contributed by atoms with Gasteiger partial charge in [-0.15, -0.1) is 0 Å². The van der Waals surface area contributed by atoms with Crippen LogP contribution in [0.25, 0.3) is 5.78 Å². The fourth-order valence-corrected chi connectivity index (χ4v) is 4.05. The second-order valence-corrected chi connectivity index (χ2v) is 7.64. The number of para-hydroxylation sites is 1. The van der Waals surface area contributed by atoms with Crippen molar-refractivity contribution in [1.82, 2.24) is 19.6 Å². The molecule has 3 aromatic rings. The summed E-state index contributed by atoms with van der Waals surface area (Å²) in [4.78, 5) is 24.2. The first kappa shape index (κ1) is 20.9. The third-order valence-corrected chi connectivity index (χ3v) is 5.58. The summed E-state index contributed by atoms with van der Waals surface area (Å²) in [7, 11) is 3.15. The second-order valence-electron chi connectivity index (χ2n) is 7.64. The molecule has 2 aromatic heterocycles. The first-order valence-electron chi connectivity index (χ1n) is 10.6. The molecule has 0 saturated carbocycles. The lowest BCUT2D eigenvalue weighted by Gasteiger charge is -2.33. The Hall–Kier alpha value is -3.36. The molecule has 1 N–H and O–H groups in total. The van der Waals surface area contributed by atoms with E-state index in [2.05, 4.69) is 38.3 Å². The molecule has 0 spiro atoms. The number of carbonyl (C=O) groups is 1. The van der Waals surface area contributed by atoms with Crippen molar-refractivity contribution in [3.63, 3.8) is 0 Å². The Labute approximate surface area is 181 Å². The van der Waals surface area contributed by atoms with E-state index < -0.39 is 0 Å². The van der Waals surface area contributed by atoms with Crippen LogP contribution in [0, 0.1) is 5.92 Å². The van der Waals surface area contributed by atoms with Gasteiger partial charge in [-0.3, -0.25) is 4.79 Å². The Morgan fingerprint density at radius 1 is 1.26 bits per heavy atom. The minimum atomic E-state index is -0.176. The van der Waals surface area contributed by atoms with Crippen LogP contribution in [-0.4, -0.2) is 52.8 Å². The van der Waals surface area contributed by atoms with E-state index in [1.54, 1.807) is 30.9 Å². The molecule has 1 fully saturated rings. The number of benzene rings is 1. The quantitative estimate of drug-likeness (QED) is 0.623. The summed E-state index contributed by atoms with van der Waals surface area (Å²) < 4.78 is 12.6. The fraction of sp³-hybridized carbons (Fsp3) is 0.455. The summed E-state index contributed by atoms with van der Waals surface area (Å²) >= 11 is 0. The molecule has 1 atom stereocenters. The summed E-state index contributed by atoms with van der Waals surface area (Å²) in [6.45, 7) is 3.57. The van der Waals surface area contributed by atoms with Gasteiger partial charge in [0.05, 0.1) is 20.1 Å².